The van der Waals surface area contributed by atoms with Gasteiger partial charge in [0.25, 0.3) is 0 Å². The summed E-state index contributed by atoms with van der Waals surface area (Å²) in [4.78, 5) is 14.2. The molecule has 2 aliphatic rings. The van der Waals surface area contributed by atoms with E-state index in [1.54, 1.807) is 0 Å². The van der Waals surface area contributed by atoms with Gasteiger partial charge < -0.3 is 15.3 Å². The molecule has 0 aromatic rings. The van der Waals surface area contributed by atoms with Crippen LogP contribution >= 0.6 is 0 Å². The van der Waals surface area contributed by atoms with Gasteiger partial charge in [0.05, 0.1) is 11.6 Å². The second-order valence-corrected chi connectivity index (χ2v) is 5.92. The monoisotopic (exact) mass is 254 g/mol. The van der Waals surface area contributed by atoms with Gasteiger partial charge in [-0.1, -0.05) is 12.8 Å². The molecule has 1 heterocycles. The maximum absolute atomic E-state index is 12.3. The van der Waals surface area contributed by atoms with E-state index in [-0.39, 0.29) is 11.9 Å². The van der Waals surface area contributed by atoms with Crippen LogP contribution in [0.3, 0.4) is 0 Å². The minimum absolute atomic E-state index is 0.173. The molecular formula is C14H26N2O2. The summed E-state index contributed by atoms with van der Waals surface area (Å²) >= 11 is 0. The Kier molecular flexibility index (Phi) is 4.62. The van der Waals surface area contributed by atoms with Crippen LogP contribution in [0, 0.1) is 0 Å². The Morgan fingerprint density at radius 3 is 2.33 bits per heavy atom. The first-order valence-electron chi connectivity index (χ1n) is 7.35. The molecule has 18 heavy (non-hydrogen) atoms. The third-order valence-electron chi connectivity index (χ3n) is 4.31. The summed E-state index contributed by atoms with van der Waals surface area (Å²) in [6.45, 7) is 4.26. The lowest BCUT2D eigenvalue weighted by Gasteiger charge is -2.37. The zero-order valence-corrected chi connectivity index (χ0v) is 11.5. The van der Waals surface area contributed by atoms with Gasteiger partial charge in [0.15, 0.2) is 0 Å². The van der Waals surface area contributed by atoms with Gasteiger partial charge in [0.2, 0.25) is 5.91 Å². The normalized spacial score (nSPS) is 25.1. The van der Waals surface area contributed by atoms with Crippen LogP contribution in [0.25, 0.3) is 0 Å². The molecule has 1 unspecified atom stereocenters. The number of amides is 1. The second-order valence-electron chi connectivity index (χ2n) is 5.92. The average molecular weight is 254 g/mol. The molecule has 2 fully saturated rings. The van der Waals surface area contributed by atoms with E-state index in [9.17, 15) is 9.90 Å². The average Bonchev–Trinajstić information content (AvgIpc) is 2.61. The Labute approximate surface area is 110 Å². The standard InChI is InChI=1S/C14H26N2O2/c1-12(15-11-14(18)7-6-8-14)13(17)16-9-4-2-3-5-10-16/h12,15,18H,2-11H2,1H3. The quantitative estimate of drug-likeness (QED) is 0.794. The predicted molar refractivity (Wildman–Crippen MR) is 71.3 cm³/mol. The molecule has 1 aliphatic carbocycles. The largest absolute Gasteiger partial charge is 0.389 e. The fourth-order valence-corrected chi connectivity index (χ4v) is 2.76. The lowest BCUT2D eigenvalue weighted by atomic mass is 9.80. The number of hydrogen-bond acceptors (Lipinski definition) is 3. The van der Waals surface area contributed by atoms with Gasteiger partial charge in [-0.3, -0.25) is 4.79 Å². The number of carbonyl (C=O) groups is 1. The minimum Gasteiger partial charge on any atom is -0.389 e. The van der Waals surface area contributed by atoms with E-state index in [1.165, 1.54) is 12.8 Å². The molecule has 2 rings (SSSR count). The van der Waals surface area contributed by atoms with Crippen LogP contribution in [0.5, 0.6) is 0 Å². The molecule has 2 N–H and O–H groups in total. The Morgan fingerprint density at radius 1 is 1.22 bits per heavy atom. The minimum atomic E-state index is -0.548. The molecule has 0 spiro atoms. The number of carbonyl (C=O) groups excluding carboxylic acids is 1. The number of likely N-dealkylation sites (tertiary alicyclic amines) is 1. The zero-order valence-electron chi connectivity index (χ0n) is 11.5. The number of hydrogen-bond donors (Lipinski definition) is 2. The van der Waals surface area contributed by atoms with Gasteiger partial charge in [-0.2, -0.15) is 0 Å². The summed E-state index contributed by atoms with van der Waals surface area (Å²) in [5.74, 6) is 0.194. The summed E-state index contributed by atoms with van der Waals surface area (Å²) in [5, 5.41) is 13.2. The summed E-state index contributed by atoms with van der Waals surface area (Å²) in [6.07, 6.45) is 7.57. The van der Waals surface area contributed by atoms with E-state index in [4.69, 9.17) is 0 Å². The first-order valence-corrected chi connectivity index (χ1v) is 7.35. The molecule has 0 bridgehead atoms. The molecule has 0 aromatic heterocycles. The molecule has 1 saturated heterocycles. The molecule has 1 saturated carbocycles. The third kappa shape index (κ3) is 3.45. The Morgan fingerprint density at radius 2 is 1.83 bits per heavy atom. The maximum atomic E-state index is 12.3. The number of nitrogens with zero attached hydrogens (tertiary/aromatic N) is 1. The molecule has 1 aliphatic heterocycles. The van der Waals surface area contributed by atoms with Crippen LogP contribution in [-0.4, -0.2) is 47.2 Å². The molecule has 1 amide bonds. The zero-order chi connectivity index (χ0) is 13.0. The van der Waals surface area contributed by atoms with Crippen LogP contribution < -0.4 is 5.32 Å². The first kappa shape index (κ1) is 13.8. The van der Waals surface area contributed by atoms with Crippen molar-refractivity contribution < 1.29 is 9.90 Å². The van der Waals surface area contributed by atoms with Gasteiger partial charge >= 0.3 is 0 Å². The number of nitrogens with one attached hydrogen (secondary N) is 1. The first-order chi connectivity index (χ1) is 8.61. The van der Waals surface area contributed by atoms with Gasteiger partial charge in [-0.25, -0.2) is 0 Å². The highest BCUT2D eigenvalue weighted by molar-refractivity contribution is 5.81. The van der Waals surface area contributed by atoms with Gasteiger partial charge in [-0.05, 0) is 39.0 Å². The van der Waals surface area contributed by atoms with E-state index in [2.05, 4.69) is 5.32 Å². The SMILES string of the molecule is CC(NCC1(O)CCC1)C(=O)N1CCCCCC1. The fraction of sp³-hybridized carbons (Fsp3) is 0.929. The lowest BCUT2D eigenvalue weighted by molar-refractivity contribution is -0.133. The summed E-state index contributed by atoms with van der Waals surface area (Å²) in [6, 6.07) is -0.173. The van der Waals surface area contributed by atoms with Crippen LogP contribution in [0.1, 0.15) is 51.9 Å². The van der Waals surface area contributed by atoms with E-state index >= 15 is 0 Å². The third-order valence-corrected chi connectivity index (χ3v) is 4.31. The highest BCUT2D eigenvalue weighted by atomic mass is 16.3. The van der Waals surface area contributed by atoms with Crippen molar-refractivity contribution in [3.63, 3.8) is 0 Å². The molecule has 1 atom stereocenters. The van der Waals surface area contributed by atoms with E-state index in [0.717, 1.165) is 45.2 Å². The van der Waals surface area contributed by atoms with Crippen LogP contribution in [0.4, 0.5) is 0 Å². The Bertz CT molecular complexity index is 282. The number of rotatable bonds is 4. The van der Waals surface area contributed by atoms with Crippen molar-refractivity contribution in [1.29, 1.82) is 0 Å². The molecule has 0 radical (unpaired) electrons. The van der Waals surface area contributed by atoms with Crippen molar-refractivity contribution in [1.82, 2.24) is 10.2 Å². The van der Waals surface area contributed by atoms with Crippen molar-refractivity contribution in [2.24, 2.45) is 0 Å². The van der Waals surface area contributed by atoms with Crippen LogP contribution in [0.2, 0.25) is 0 Å². The van der Waals surface area contributed by atoms with Crippen molar-refractivity contribution in [2.45, 2.75) is 63.5 Å². The molecule has 4 heteroatoms. The van der Waals surface area contributed by atoms with Crippen LogP contribution in [-0.2, 0) is 4.79 Å². The molecule has 0 aromatic carbocycles. The van der Waals surface area contributed by atoms with Crippen molar-refractivity contribution in [2.75, 3.05) is 19.6 Å². The van der Waals surface area contributed by atoms with Crippen molar-refractivity contribution in [3.8, 4) is 0 Å². The maximum Gasteiger partial charge on any atom is 0.239 e. The Hall–Kier alpha value is -0.610. The fourth-order valence-electron chi connectivity index (χ4n) is 2.76. The van der Waals surface area contributed by atoms with Gasteiger partial charge in [0.1, 0.15) is 0 Å². The van der Waals surface area contributed by atoms with E-state index in [0.29, 0.717) is 6.54 Å². The van der Waals surface area contributed by atoms with Gasteiger partial charge in [-0.15, -0.1) is 0 Å². The smallest absolute Gasteiger partial charge is 0.239 e. The Balaban J connectivity index is 1.76. The summed E-state index contributed by atoms with van der Waals surface area (Å²) in [7, 11) is 0. The predicted octanol–water partition coefficient (Wildman–Crippen LogP) is 1.28. The molecule has 4 nitrogen and oxygen atoms in total. The summed E-state index contributed by atoms with van der Waals surface area (Å²) < 4.78 is 0. The van der Waals surface area contributed by atoms with Crippen LogP contribution in [0.15, 0.2) is 0 Å². The lowest BCUT2D eigenvalue weighted by Crippen LogP contribution is -2.52. The summed E-state index contributed by atoms with van der Waals surface area (Å²) in [5.41, 5.74) is -0.548. The highest BCUT2D eigenvalue weighted by Crippen LogP contribution is 2.30. The van der Waals surface area contributed by atoms with Crippen molar-refractivity contribution >= 4 is 5.91 Å². The second kappa shape index (κ2) is 6.02. The van der Waals surface area contributed by atoms with Crippen molar-refractivity contribution in [3.05, 3.63) is 0 Å². The van der Waals surface area contributed by atoms with Gasteiger partial charge in [0, 0.05) is 19.6 Å². The molecule has 104 valence electrons. The van der Waals surface area contributed by atoms with E-state index < -0.39 is 5.60 Å². The molecular weight excluding hydrogens is 228 g/mol. The topological polar surface area (TPSA) is 52.6 Å². The number of aliphatic hydroxyl groups is 1. The van der Waals surface area contributed by atoms with E-state index in [1.807, 2.05) is 11.8 Å². The highest BCUT2D eigenvalue weighted by Gasteiger charge is 2.35.